The first kappa shape index (κ1) is 12.2. The monoisotopic (exact) mass is 210 g/mol. The lowest BCUT2D eigenvalue weighted by atomic mass is 10.0. The van der Waals surface area contributed by atoms with Crippen LogP contribution in [0.5, 0.6) is 0 Å². The Morgan fingerprint density at radius 1 is 1.60 bits per heavy atom. The number of hydrogen-bond donors (Lipinski definition) is 1. The van der Waals surface area contributed by atoms with Crippen LogP contribution in [0.4, 0.5) is 0 Å². The van der Waals surface area contributed by atoms with Gasteiger partial charge in [0.05, 0.1) is 0 Å². The largest absolute Gasteiger partial charge is 0.342 e. The molecule has 1 rings (SSSR count). The Morgan fingerprint density at radius 2 is 2.33 bits per heavy atom. The molecule has 86 valence electrons. The van der Waals surface area contributed by atoms with Gasteiger partial charge in [-0.1, -0.05) is 12.5 Å². The van der Waals surface area contributed by atoms with Crippen molar-refractivity contribution in [2.24, 2.45) is 11.7 Å². The molecule has 3 heteroatoms. The topological polar surface area (TPSA) is 46.3 Å². The molecule has 15 heavy (non-hydrogen) atoms. The average Bonchev–Trinajstić information content (AvgIpc) is 2.72. The minimum absolute atomic E-state index is 0.222. The van der Waals surface area contributed by atoms with Crippen molar-refractivity contribution in [1.29, 1.82) is 0 Å². The van der Waals surface area contributed by atoms with Crippen LogP contribution in [-0.2, 0) is 4.79 Å². The molecule has 2 atom stereocenters. The van der Waals surface area contributed by atoms with Crippen LogP contribution in [0.2, 0.25) is 0 Å². The summed E-state index contributed by atoms with van der Waals surface area (Å²) >= 11 is 0. The molecular weight excluding hydrogens is 188 g/mol. The zero-order valence-electron chi connectivity index (χ0n) is 9.61. The number of amides is 1. The average molecular weight is 210 g/mol. The zero-order valence-corrected chi connectivity index (χ0v) is 9.61. The maximum Gasteiger partial charge on any atom is 0.222 e. The summed E-state index contributed by atoms with van der Waals surface area (Å²) in [6.07, 6.45) is 6.61. The predicted octanol–water partition coefficient (Wildman–Crippen LogP) is 1.54. The molecule has 1 fully saturated rings. The van der Waals surface area contributed by atoms with Gasteiger partial charge in [0.2, 0.25) is 5.91 Å². The van der Waals surface area contributed by atoms with E-state index < -0.39 is 0 Å². The van der Waals surface area contributed by atoms with E-state index in [9.17, 15) is 4.79 Å². The lowest BCUT2D eigenvalue weighted by molar-refractivity contribution is -0.132. The zero-order chi connectivity index (χ0) is 11.3. The van der Waals surface area contributed by atoms with E-state index in [-0.39, 0.29) is 5.91 Å². The number of rotatable bonds is 5. The number of carbonyl (C=O) groups excluding carboxylic acids is 1. The molecule has 2 unspecified atom stereocenters. The highest BCUT2D eigenvalue weighted by Gasteiger charge is 2.31. The first-order valence-electron chi connectivity index (χ1n) is 5.77. The van der Waals surface area contributed by atoms with Gasteiger partial charge >= 0.3 is 0 Å². The molecule has 1 aliphatic rings. The molecule has 0 radical (unpaired) electrons. The van der Waals surface area contributed by atoms with E-state index >= 15 is 0 Å². The Bertz CT molecular complexity index is 228. The summed E-state index contributed by atoms with van der Waals surface area (Å²) in [4.78, 5) is 13.7. The van der Waals surface area contributed by atoms with Gasteiger partial charge < -0.3 is 10.6 Å². The lowest BCUT2D eigenvalue weighted by Gasteiger charge is -2.29. The molecule has 3 nitrogen and oxygen atoms in total. The van der Waals surface area contributed by atoms with E-state index in [4.69, 9.17) is 5.73 Å². The number of hydrogen-bond acceptors (Lipinski definition) is 2. The van der Waals surface area contributed by atoms with Crippen molar-refractivity contribution in [2.45, 2.75) is 38.1 Å². The van der Waals surface area contributed by atoms with E-state index in [1.54, 1.807) is 6.08 Å². The summed E-state index contributed by atoms with van der Waals surface area (Å²) in [7, 11) is 1.91. The highest BCUT2D eigenvalue weighted by molar-refractivity contribution is 5.76. The second-order valence-electron chi connectivity index (χ2n) is 4.33. The molecule has 1 amide bonds. The second kappa shape index (κ2) is 5.91. The minimum Gasteiger partial charge on any atom is -0.342 e. The van der Waals surface area contributed by atoms with Crippen molar-refractivity contribution in [3.05, 3.63) is 12.7 Å². The quantitative estimate of drug-likeness (QED) is 0.700. The number of nitrogens with zero attached hydrogens (tertiary/aromatic N) is 1. The lowest BCUT2D eigenvalue weighted by Crippen LogP contribution is -2.41. The van der Waals surface area contributed by atoms with E-state index in [0.717, 1.165) is 12.8 Å². The van der Waals surface area contributed by atoms with Gasteiger partial charge in [-0.2, -0.15) is 0 Å². The molecular formula is C12H22N2O. The third-order valence-electron chi connectivity index (χ3n) is 3.37. The van der Waals surface area contributed by atoms with Gasteiger partial charge in [0.1, 0.15) is 0 Å². The van der Waals surface area contributed by atoms with Gasteiger partial charge in [-0.15, -0.1) is 6.58 Å². The molecule has 0 bridgehead atoms. The van der Waals surface area contributed by atoms with E-state index in [1.807, 2.05) is 11.9 Å². The van der Waals surface area contributed by atoms with Crippen LogP contribution in [0, 0.1) is 5.92 Å². The van der Waals surface area contributed by atoms with Crippen LogP contribution in [-0.4, -0.2) is 30.4 Å². The van der Waals surface area contributed by atoms with Gasteiger partial charge in [-0.05, 0) is 31.7 Å². The summed E-state index contributed by atoms with van der Waals surface area (Å²) in [5.74, 6) is 0.725. The van der Waals surface area contributed by atoms with Crippen LogP contribution in [0.25, 0.3) is 0 Å². The first-order valence-corrected chi connectivity index (χ1v) is 5.77. The first-order chi connectivity index (χ1) is 7.20. The number of allylic oxidation sites excluding steroid dienone is 1. The van der Waals surface area contributed by atoms with Crippen molar-refractivity contribution >= 4 is 5.91 Å². The molecule has 0 spiro atoms. The molecule has 0 aromatic heterocycles. The van der Waals surface area contributed by atoms with E-state index in [2.05, 4.69) is 6.58 Å². The summed E-state index contributed by atoms with van der Waals surface area (Å²) in [6.45, 7) is 4.33. The Labute approximate surface area is 92.3 Å². The normalized spacial score (nSPS) is 25.2. The van der Waals surface area contributed by atoms with Gasteiger partial charge in [-0.25, -0.2) is 0 Å². The summed E-state index contributed by atoms with van der Waals surface area (Å²) < 4.78 is 0. The molecule has 0 saturated heterocycles. The van der Waals surface area contributed by atoms with Crippen molar-refractivity contribution in [3.8, 4) is 0 Å². The van der Waals surface area contributed by atoms with Gasteiger partial charge in [0, 0.05) is 19.5 Å². The third-order valence-corrected chi connectivity index (χ3v) is 3.37. The maximum atomic E-state index is 11.8. The van der Waals surface area contributed by atoms with Crippen LogP contribution in [0.1, 0.15) is 32.1 Å². The molecule has 1 saturated carbocycles. The fourth-order valence-electron chi connectivity index (χ4n) is 2.39. The van der Waals surface area contributed by atoms with Crippen molar-refractivity contribution in [2.75, 3.05) is 13.6 Å². The minimum atomic E-state index is 0.222. The van der Waals surface area contributed by atoms with Crippen molar-refractivity contribution in [1.82, 2.24) is 4.90 Å². The van der Waals surface area contributed by atoms with Crippen molar-refractivity contribution in [3.63, 3.8) is 0 Å². The molecule has 0 heterocycles. The van der Waals surface area contributed by atoms with E-state index in [0.29, 0.717) is 24.9 Å². The molecule has 1 aliphatic carbocycles. The molecule has 0 aliphatic heterocycles. The maximum absolute atomic E-state index is 11.8. The van der Waals surface area contributed by atoms with Crippen LogP contribution in [0.3, 0.4) is 0 Å². The number of nitrogens with two attached hydrogens (primary N) is 1. The highest BCUT2D eigenvalue weighted by Crippen LogP contribution is 2.28. The van der Waals surface area contributed by atoms with Crippen LogP contribution >= 0.6 is 0 Å². The fraction of sp³-hybridized carbons (Fsp3) is 0.750. The second-order valence-corrected chi connectivity index (χ2v) is 4.33. The van der Waals surface area contributed by atoms with Crippen LogP contribution in [0.15, 0.2) is 12.7 Å². The molecule has 0 aromatic rings. The standard InChI is InChI=1S/C12H22N2O/c1-3-4-8-12(15)14(2)11-7-5-6-10(11)9-13/h3,10-11H,1,4-9,13H2,2H3. The highest BCUT2D eigenvalue weighted by atomic mass is 16.2. The Balaban J connectivity index is 2.47. The Morgan fingerprint density at radius 3 is 2.93 bits per heavy atom. The molecule has 0 aromatic carbocycles. The smallest absolute Gasteiger partial charge is 0.222 e. The van der Waals surface area contributed by atoms with Gasteiger partial charge in [0.25, 0.3) is 0 Å². The Kier molecular flexibility index (Phi) is 4.82. The Hall–Kier alpha value is -0.830. The SMILES string of the molecule is C=CCCC(=O)N(C)C1CCCC1CN. The van der Waals surface area contributed by atoms with Gasteiger partial charge in [0.15, 0.2) is 0 Å². The fourth-order valence-corrected chi connectivity index (χ4v) is 2.39. The van der Waals surface area contributed by atoms with Crippen molar-refractivity contribution < 1.29 is 4.79 Å². The predicted molar refractivity (Wildman–Crippen MR) is 62.4 cm³/mol. The summed E-state index contributed by atoms with van der Waals surface area (Å²) in [6, 6.07) is 0.368. The van der Waals surface area contributed by atoms with Crippen LogP contribution < -0.4 is 5.73 Å². The molecule has 2 N–H and O–H groups in total. The third kappa shape index (κ3) is 3.06. The summed E-state index contributed by atoms with van der Waals surface area (Å²) in [5.41, 5.74) is 5.71. The van der Waals surface area contributed by atoms with Gasteiger partial charge in [-0.3, -0.25) is 4.79 Å². The number of carbonyl (C=O) groups is 1. The summed E-state index contributed by atoms with van der Waals surface area (Å²) in [5, 5.41) is 0. The van der Waals surface area contributed by atoms with E-state index in [1.165, 1.54) is 12.8 Å².